The molecule has 0 atom stereocenters. The summed E-state index contributed by atoms with van der Waals surface area (Å²) >= 11 is 1.46. The predicted molar refractivity (Wildman–Crippen MR) is 128 cm³/mol. The maximum absolute atomic E-state index is 13.6. The number of rotatable bonds is 5. The lowest BCUT2D eigenvalue weighted by atomic mass is 10.2. The van der Waals surface area contributed by atoms with Gasteiger partial charge in [-0.2, -0.15) is 0 Å². The summed E-state index contributed by atoms with van der Waals surface area (Å²) in [5.74, 6) is -0.399. The van der Waals surface area contributed by atoms with Gasteiger partial charge in [0, 0.05) is 6.07 Å². The topological polar surface area (TPSA) is 63.4 Å². The molecule has 0 aliphatic rings. The number of aryl methyl sites for hydroxylation is 1. The van der Waals surface area contributed by atoms with Crippen LogP contribution >= 0.6 is 11.3 Å². The highest BCUT2D eigenvalue weighted by Gasteiger charge is 2.24. The average molecular weight is 441 g/mol. The van der Waals surface area contributed by atoms with Gasteiger partial charge >= 0.3 is 0 Å². The number of anilines is 1. The normalized spacial score (nSPS) is 11.2. The molecule has 0 saturated carbocycles. The third-order valence-corrected chi connectivity index (χ3v) is 6.40. The molecule has 32 heavy (non-hydrogen) atoms. The minimum absolute atomic E-state index is 0.00173. The van der Waals surface area contributed by atoms with Gasteiger partial charge in [-0.25, -0.2) is 4.98 Å². The van der Waals surface area contributed by atoms with Gasteiger partial charge < -0.3 is 4.42 Å². The van der Waals surface area contributed by atoms with E-state index in [1.54, 1.807) is 29.2 Å². The van der Waals surface area contributed by atoms with Gasteiger partial charge in [0.15, 0.2) is 16.3 Å². The number of carbonyl (C=O) groups is 1. The number of amides is 1. The minimum Gasteiger partial charge on any atom is -0.451 e. The van der Waals surface area contributed by atoms with Crippen molar-refractivity contribution in [1.29, 1.82) is 0 Å². The Hall–Kier alpha value is -3.77. The SMILES string of the molecule is CCc1ccc2nc(N(Cc3ccccc3)C(=O)c3cc(=O)c4ccccc4o3)sc2c1. The van der Waals surface area contributed by atoms with Crippen molar-refractivity contribution in [3.8, 4) is 0 Å². The van der Waals surface area contributed by atoms with Gasteiger partial charge in [-0.3, -0.25) is 14.5 Å². The molecule has 0 bridgehead atoms. The van der Waals surface area contributed by atoms with E-state index >= 15 is 0 Å². The lowest BCUT2D eigenvalue weighted by Crippen LogP contribution is -2.31. The van der Waals surface area contributed by atoms with Gasteiger partial charge in [-0.05, 0) is 41.8 Å². The van der Waals surface area contributed by atoms with E-state index in [-0.39, 0.29) is 11.2 Å². The summed E-state index contributed by atoms with van der Waals surface area (Å²) in [5.41, 5.74) is 3.16. The van der Waals surface area contributed by atoms with Crippen molar-refractivity contribution in [3.63, 3.8) is 0 Å². The van der Waals surface area contributed by atoms with Gasteiger partial charge in [0.25, 0.3) is 5.91 Å². The molecule has 6 heteroatoms. The van der Waals surface area contributed by atoms with Crippen molar-refractivity contribution >= 4 is 43.6 Å². The maximum Gasteiger partial charge on any atom is 0.296 e. The second kappa shape index (κ2) is 8.40. The summed E-state index contributed by atoms with van der Waals surface area (Å²) in [4.78, 5) is 32.5. The fourth-order valence-corrected chi connectivity index (χ4v) is 4.65. The van der Waals surface area contributed by atoms with Crippen LogP contribution in [0.25, 0.3) is 21.2 Å². The minimum atomic E-state index is -0.397. The van der Waals surface area contributed by atoms with Crippen LogP contribution in [0.3, 0.4) is 0 Å². The van der Waals surface area contributed by atoms with Crippen LogP contribution in [0.5, 0.6) is 0 Å². The Kier molecular flexibility index (Phi) is 5.29. The molecule has 1 amide bonds. The van der Waals surface area contributed by atoms with Crippen LogP contribution in [0.2, 0.25) is 0 Å². The first-order valence-electron chi connectivity index (χ1n) is 10.4. The molecule has 0 aliphatic heterocycles. The van der Waals surface area contributed by atoms with Crippen molar-refractivity contribution in [2.45, 2.75) is 19.9 Å². The molecule has 158 valence electrons. The molecule has 2 aromatic heterocycles. The second-order valence-corrected chi connectivity index (χ2v) is 8.51. The van der Waals surface area contributed by atoms with E-state index in [1.807, 2.05) is 36.4 Å². The van der Waals surface area contributed by atoms with Crippen LogP contribution in [0, 0.1) is 0 Å². The number of nitrogens with zero attached hydrogens (tertiary/aromatic N) is 2. The molecule has 2 heterocycles. The zero-order valence-corrected chi connectivity index (χ0v) is 18.3. The molecule has 5 aromatic rings. The monoisotopic (exact) mass is 440 g/mol. The van der Waals surface area contributed by atoms with Gasteiger partial charge in [0.05, 0.1) is 22.1 Å². The second-order valence-electron chi connectivity index (χ2n) is 7.50. The van der Waals surface area contributed by atoms with E-state index in [0.717, 1.165) is 22.2 Å². The molecule has 0 aliphatic carbocycles. The highest BCUT2D eigenvalue weighted by atomic mass is 32.1. The lowest BCUT2D eigenvalue weighted by Gasteiger charge is -2.19. The third-order valence-electron chi connectivity index (χ3n) is 5.35. The van der Waals surface area contributed by atoms with Crippen LogP contribution in [-0.2, 0) is 13.0 Å². The number of hydrogen-bond donors (Lipinski definition) is 0. The first-order chi connectivity index (χ1) is 15.6. The summed E-state index contributed by atoms with van der Waals surface area (Å²) in [6, 6.07) is 24.1. The number of carbonyl (C=O) groups excluding carboxylic acids is 1. The van der Waals surface area contributed by atoms with E-state index in [9.17, 15) is 9.59 Å². The maximum atomic E-state index is 13.6. The van der Waals surface area contributed by atoms with E-state index in [1.165, 1.54) is 23.0 Å². The summed E-state index contributed by atoms with van der Waals surface area (Å²) < 4.78 is 6.86. The summed E-state index contributed by atoms with van der Waals surface area (Å²) in [6.45, 7) is 2.42. The Labute approximate surface area is 188 Å². The molecule has 0 saturated heterocycles. The fourth-order valence-electron chi connectivity index (χ4n) is 3.63. The van der Waals surface area contributed by atoms with Crippen LogP contribution in [-0.4, -0.2) is 10.9 Å². The number of benzene rings is 3. The smallest absolute Gasteiger partial charge is 0.296 e. The Morgan fingerprint density at radius 3 is 2.56 bits per heavy atom. The third kappa shape index (κ3) is 3.81. The zero-order chi connectivity index (χ0) is 22.1. The van der Waals surface area contributed by atoms with E-state index in [4.69, 9.17) is 9.40 Å². The molecule has 3 aromatic carbocycles. The first-order valence-corrected chi connectivity index (χ1v) is 11.2. The Morgan fingerprint density at radius 2 is 1.75 bits per heavy atom. The van der Waals surface area contributed by atoms with Crippen molar-refractivity contribution in [2.24, 2.45) is 0 Å². The van der Waals surface area contributed by atoms with Crippen molar-refractivity contribution in [2.75, 3.05) is 4.90 Å². The molecule has 0 unspecified atom stereocenters. The predicted octanol–water partition coefficient (Wildman–Crippen LogP) is 5.81. The molecule has 5 nitrogen and oxygen atoms in total. The molecule has 0 fully saturated rings. The number of thiazole rings is 1. The Balaban J connectivity index is 1.61. The van der Waals surface area contributed by atoms with Crippen molar-refractivity contribution < 1.29 is 9.21 Å². The number of hydrogen-bond acceptors (Lipinski definition) is 5. The molecular weight excluding hydrogens is 420 g/mol. The fraction of sp³-hybridized carbons (Fsp3) is 0.115. The van der Waals surface area contributed by atoms with Gasteiger partial charge in [-0.1, -0.05) is 66.8 Å². The van der Waals surface area contributed by atoms with E-state index in [0.29, 0.717) is 22.6 Å². The van der Waals surface area contributed by atoms with E-state index in [2.05, 4.69) is 19.1 Å². The van der Waals surface area contributed by atoms with Crippen molar-refractivity contribution in [1.82, 2.24) is 4.98 Å². The van der Waals surface area contributed by atoms with Crippen LogP contribution in [0.15, 0.2) is 88.1 Å². The number of aromatic nitrogens is 1. The van der Waals surface area contributed by atoms with Gasteiger partial charge in [0.1, 0.15) is 5.58 Å². The quantitative estimate of drug-likeness (QED) is 0.346. The molecule has 0 N–H and O–H groups in total. The highest BCUT2D eigenvalue weighted by molar-refractivity contribution is 7.22. The Bertz CT molecular complexity index is 1490. The number of fused-ring (bicyclic) bond motifs is 2. The highest BCUT2D eigenvalue weighted by Crippen LogP contribution is 2.32. The van der Waals surface area contributed by atoms with Crippen LogP contribution < -0.4 is 10.3 Å². The lowest BCUT2D eigenvalue weighted by molar-refractivity contribution is 0.0959. The Morgan fingerprint density at radius 1 is 0.969 bits per heavy atom. The van der Waals surface area contributed by atoms with E-state index < -0.39 is 5.91 Å². The standard InChI is InChI=1S/C26H20N2O3S/c1-2-17-12-13-20-24(14-17)32-26(27-20)28(16-18-8-4-3-5-9-18)25(30)23-15-21(29)19-10-6-7-11-22(19)31-23/h3-15H,2,16H2,1H3. The summed E-state index contributed by atoms with van der Waals surface area (Å²) in [7, 11) is 0. The molecule has 0 spiro atoms. The number of para-hydroxylation sites is 1. The molecule has 0 radical (unpaired) electrons. The largest absolute Gasteiger partial charge is 0.451 e. The summed E-state index contributed by atoms with van der Waals surface area (Å²) in [6.07, 6.45) is 0.929. The van der Waals surface area contributed by atoms with Crippen LogP contribution in [0.4, 0.5) is 5.13 Å². The zero-order valence-electron chi connectivity index (χ0n) is 17.4. The van der Waals surface area contributed by atoms with Crippen LogP contribution in [0.1, 0.15) is 28.6 Å². The first kappa shape index (κ1) is 20.2. The van der Waals surface area contributed by atoms with Gasteiger partial charge in [0.2, 0.25) is 0 Å². The summed E-state index contributed by atoms with van der Waals surface area (Å²) in [5, 5.41) is 1.02. The van der Waals surface area contributed by atoms with Crippen molar-refractivity contribution in [3.05, 3.63) is 106 Å². The average Bonchev–Trinajstić information content (AvgIpc) is 3.25. The molecular formula is C26H20N2O3S. The molecule has 5 rings (SSSR count). The van der Waals surface area contributed by atoms with Gasteiger partial charge in [-0.15, -0.1) is 0 Å².